The number of carbonyl (C=O) groups is 5. The molecule has 0 radical (unpaired) electrons. The maximum Gasteiger partial charge on any atom is 0.272 e. The standard InChI is InChI=1S/C36H42N6O8/c1-23-31(44)40-29(22-25-8-4-3-5-9-25)32(45)38-18-21-49-26-11-13-27(14-12-26)50-36(35(48)41-30(24(2)43)33(46)39-23)15-19-42(20-16-36)34(47)28-10-6-7-17-37-28/h3-14,17,23-24,29-30,43H,15-16,18-22H2,1-2H3,(H,38,45)(H,39,46)(H,40,44)(H,41,48)/t23-,24+,29-,30?/m0/s1. The van der Waals surface area contributed by atoms with Gasteiger partial charge < -0.3 is 40.7 Å². The average molecular weight is 687 g/mol. The van der Waals surface area contributed by atoms with Gasteiger partial charge in [0.05, 0.1) is 12.6 Å². The zero-order chi connectivity index (χ0) is 35.7. The highest BCUT2D eigenvalue weighted by molar-refractivity contribution is 5.96. The summed E-state index contributed by atoms with van der Waals surface area (Å²) in [5.74, 6) is -2.01. The van der Waals surface area contributed by atoms with Crippen LogP contribution in [0.15, 0.2) is 79.0 Å². The van der Waals surface area contributed by atoms with E-state index in [2.05, 4.69) is 26.3 Å². The quantitative estimate of drug-likeness (QED) is 0.247. The van der Waals surface area contributed by atoms with Crippen molar-refractivity contribution >= 4 is 29.5 Å². The molecule has 3 aliphatic rings. The van der Waals surface area contributed by atoms with Crippen LogP contribution in [0, 0.1) is 0 Å². The van der Waals surface area contributed by atoms with Crippen molar-refractivity contribution in [1.29, 1.82) is 0 Å². The Balaban J connectivity index is 1.39. The second kappa shape index (κ2) is 16.3. The van der Waals surface area contributed by atoms with E-state index in [0.717, 1.165) is 5.56 Å². The predicted octanol–water partition coefficient (Wildman–Crippen LogP) is 0.742. The number of carbonyl (C=O) groups excluding carboxylic acids is 5. The van der Waals surface area contributed by atoms with Crippen molar-refractivity contribution in [2.24, 2.45) is 0 Å². The highest BCUT2D eigenvalue weighted by atomic mass is 16.5. The highest BCUT2D eigenvalue weighted by Gasteiger charge is 2.46. The van der Waals surface area contributed by atoms with Crippen LogP contribution in [-0.4, -0.2) is 101 Å². The molecule has 14 heteroatoms. The van der Waals surface area contributed by atoms with Crippen molar-refractivity contribution in [3.63, 3.8) is 0 Å². The monoisotopic (exact) mass is 686 g/mol. The summed E-state index contributed by atoms with van der Waals surface area (Å²) < 4.78 is 12.2. The number of nitrogens with zero attached hydrogens (tertiary/aromatic N) is 2. The minimum absolute atomic E-state index is 0.0745. The van der Waals surface area contributed by atoms with E-state index in [4.69, 9.17) is 9.47 Å². The van der Waals surface area contributed by atoms with Crippen molar-refractivity contribution < 1.29 is 38.6 Å². The van der Waals surface area contributed by atoms with Gasteiger partial charge in [-0.1, -0.05) is 36.4 Å². The fourth-order valence-electron chi connectivity index (χ4n) is 5.80. The molecule has 2 aromatic carbocycles. The average Bonchev–Trinajstić information content (AvgIpc) is 3.12. The number of aliphatic hydroxyl groups excluding tert-OH is 1. The number of nitrogens with one attached hydrogen (secondary N) is 4. The molecular formula is C36H42N6O8. The van der Waals surface area contributed by atoms with E-state index >= 15 is 0 Å². The minimum atomic E-state index is -1.52. The topological polar surface area (TPSA) is 188 Å². The van der Waals surface area contributed by atoms with E-state index in [9.17, 15) is 29.1 Å². The third-order valence-corrected chi connectivity index (χ3v) is 8.68. The van der Waals surface area contributed by atoms with Gasteiger partial charge in [-0.2, -0.15) is 0 Å². The number of piperidine rings is 1. The van der Waals surface area contributed by atoms with Crippen LogP contribution in [-0.2, 0) is 25.6 Å². The fourth-order valence-corrected chi connectivity index (χ4v) is 5.80. The molecule has 4 atom stereocenters. The summed E-state index contributed by atoms with van der Waals surface area (Å²) in [6.45, 7) is 3.38. The molecule has 3 aliphatic heterocycles. The summed E-state index contributed by atoms with van der Waals surface area (Å²) in [4.78, 5) is 72.9. The van der Waals surface area contributed by atoms with Gasteiger partial charge in [0, 0.05) is 38.5 Å². The van der Waals surface area contributed by atoms with Crippen LogP contribution in [0.5, 0.6) is 11.5 Å². The molecule has 14 nitrogen and oxygen atoms in total. The number of fused-ring (bicyclic) bond motifs is 15. The zero-order valence-electron chi connectivity index (χ0n) is 28.0. The van der Waals surface area contributed by atoms with Crippen molar-refractivity contribution in [3.8, 4) is 11.5 Å². The molecule has 264 valence electrons. The second-order valence-corrected chi connectivity index (χ2v) is 12.4. The van der Waals surface area contributed by atoms with E-state index in [1.165, 1.54) is 20.0 Å². The minimum Gasteiger partial charge on any atom is -0.492 e. The smallest absolute Gasteiger partial charge is 0.272 e. The lowest BCUT2D eigenvalue weighted by Crippen LogP contribution is -2.63. The molecule has 1 unspecified atom stereocenters. The Kier molecular flexibility index (Phi) is 11.6. The number of likely N-dealkylation sites (tertiary alicyclic amines) is 1. The molecule has 5 amide bonds. The van der Waals surface area contributed by atoms with Crippen LogP contribution in [0.3, 0.4) is 0 Å². The first kappa shape index (κ1) is 35.8. The lowest BCUT2D eigenvalue weighted by Gasteiger charge is -2.41. The Bertz CT molecular complexity index is 1650. The van der Waals surface area contributed by atoms with E-state index < -0.39 is 53.5 Å². The largest absolute Gasteiger partial charge is 0.492 e. The molecule has 6 rings (SSSR count). The van der Waals surface area contributed by atoms with Crippen LogP contribution in [0.4, 0.5) is 0 Å². The Labute approximate surface area is 289 Å². The Morgan fingerprint density at radius 2 is 1.58 bits per heavy atom. The Morgan fingerprint density at radius 1 is 0.900 bits per heavy atom. The summed E-state index contributed by atoms with van der Waals surface area (Å²) in [5.41, 5.74) is -0.430. The fraction of sp³-hybridized carbons (Fsp3) is 0.389. The number of amides is 5. The van der Waals surface area contributed by atoms with Crippen LogP contribution in [0.1, 0.15) is 42.7 Å². The van der Waals surface area contributed by atoms with Crippen molar-refractivity contribution in [1.82, 2.24) is 31.2 Å². The number of aliphatic hydroxyl groups is 1. The van der Waals surface area contributed by atoms with Gasteiger partial charge in [-0.05, 0) is 55.8 Å². The van der Waals surface area contributed by atoms with Gasteiger partial charge in [0.2, 0.25) is 17.7 Å². The number of aromatic nitrogens is 1. The summed E-state index contributed by atoms with van der Waals surface area (Å²) in [6.07, 6.45) is 0.516. The first-order valence-electron chi connectivity index (χ1n) is 16.6. The molecule has 4 heterocycles. The number of hydrogen-bond donors (Lipinski definition) is 5. The molecule has 1 aromatic heterocycles. The summed E-state index contributed by atoms with van der Waals surface area (Å²) in [5, 5.41) is 21.3. The van der Waals surface area contributed by atoms with E-state index in [1.54, 1.807) is 47.4 Å². The van der Waals surface area contributed by atoms with Crippen molar-refractivity contribution in [3.05, 3.63) is 90.3 Å². The first-order chi connectivity index (χ1) is 24.0. The van der Waals surface area contributed by atoms with Gasteiger partial charge in [-0.25, -0.2) is 0 Å². The predicted molar refractivity (Wildman–Crippen MR) is 181 cm³/mol. The Morgan fingerprint density at radius 3 is 2.24 bits per heavy atom. The number of hydrogen-bond acceptors (Lipinski definition) is 9. The second-order valence-electron chi connectivity index (χ2n) is 12.4. The van der Waals surface area contributed by atoms with Gasteiger partial charge in [0.25, 0.3) is 11.8 Å². The lowest BCUT2D eigenvalue weighted by atomic mass is 9.89. The molecule has 3 aromatic rings. The number of rotatable bonds is 4. The van der Waals surface area contributed by atoms with E-state index in [0.29, 0.717) is 11.5 Å². The van der Waals surface area contributed by atoms with Gasteiger partial charge in [0.1, 0.15) is 41.9 Å². The first-order valence-corrected chi connectivity index (χ1v) is 16.6. The van der Waals surface area contributed by atoms with Crippen LogP contribution >= 0.6 is 0 Å². The van der Waals surface area contributed by atoms with Crippen LogP contribution in [0.2, 0.25) is 0 Å². The maximum atomic E-state index is 14.1. The molecule has 50 heavy (non-hydrogen) atoms. The van der Waals surface area contributed by atoms with Crippen LogP contribution in [0.25, 0.3) is 0 Å². The molecule has 0 aliphatic carbocycles. The number of ether oxygens (including phenoxy) is 2. The molecule has 5 N–H and O–H groups in total. The SMILES string of the molecule is C[C@@H]1NC(=O)C([C@@H](C)O)NC(=O)C2(CCN(C(=O)c3ccccn3)CC2)Oc2ccc(cc2)OCCNC(=O)[C@H](Cc2ccccc2)NC1=O. The molecule has 2 bridgehead atoms. The molecule has 0 saturated carbocycles. The van der Waals surface area contributed by atoms with Crippen molar-refractivity contribution in [2.45, 2.75) is 62.9 Å². The zero-order valence-corrected chi connectivity index (χ0v) is 28.0. The summed E-state index contributed by atoms with van der Waals surface area (Å²) >= 11 is 0. The summed E-state index contributed by atoms with van der Waals surface area (Å²) in [6, 6.07) is 17.2. The van der Waals surface area contributed by atoms with Gasteiger partial charge in [-0.3, -0.25) is 29.0 Å². The Hall–Kier alpha value is -5.50. The number of benzene rings is 2. The van der Waals surface area contributed by atoms with E-state index in [1.807, 2.05) is 30.3 Å². The molecular weight excluding hydrogens is 644 g/mol. The lowest BCUT2D eigenvalue weighted by molar-refractivity contribution is -0.145. The van der Waals surface area contributed by atoms with Gasteiger partial charge in [-0.15, -0.1) is 0 Å². The third kappa shape index (κ3) is 8.94. The third-order valence-electron chi connectivity index (χ3n) is 8.68. The normalized spacial score (nSPS) is 22.5. The van der Waals surface area contributed by atoms with Gasteiger partial charge in [0.15, 0.2) is 5.60 Å². The molecule has 1 fully saturated rings. The number of pyridine rings is 1. The van der Waals surface area contributed by atoms with Crippen molar-refractivity contribution in [2.75, 3.05) is 26.2 Å². The summed E-state index contributed by atoms with van der Waals surface area (Å²) in [7, 11) is 0. The van der Waals surface area contributed by atoms with Gasteiger partial charge >= 0.3 is 0 Å². The highest BCUT2D eigenvalue weighted by Crippen LogP contribution is 2.31. The molecule has 1 spiro atoms. The molecule has 1 saturated heterocycles. The van der Waals surface area contributed by atoms with E-state index in [-0.39, 0.29) is 57.1 Å². The maximum absolute atomic E-state index is 14.1. The van der Waals surface area contributed by atoms with Crippen LogP contribution < -0.4 is 30.7 Å².